The number of hydrogen-bond acceptors (Lipinski definition) is 4. The van der Waals surface area contributed by atoms with Crippen LogP contribution in [0.15, 0.2) is 18.3 Å². The van der Waals surface area contributed by atoms with Crippen molar-refractivity contribution in [2.24, 2.45) is 5.92 Å². The molecular weight excluding hydrogens is 362 g/mol. The number of anilines is 1. The van der Waals surface area contributed by atoms with E-state index in [1.807, 2.05) is 18.3 Å². The minimum Gasteiger partial charge on any atom is -0.355 e. The van der Waals surface area contributed by atoms with Crippen molar-refractivity contribution in [2.45, 2.75) is 53.4 Å². The second-order valence-corrected chi connectivity index (χ2v) is 8.46. The highest BCUT2D eigenvalue weighted by atomic mass is 16.1. The van der Waals surface area contributed by atoms with Crippen LogP contribution >= 0.6 is 0 Å². The molecule has 2 heterocycles. The highest BCUT2D eigenvalue weighted by molar-refractivity contribution is 5.94. The SMILES string of the molecule is CCCCNC(=O)c1ccc2nc(CC)c(N(CCC(C)C)CCN(C)C)n2c1. The molecule has 0 aliphatic rings. The van der Waals surface area contributed by atoms with Crippen LogP contribution in [0.4, 0.5) is 5.82 Å². The Hall–Kier alpha value is -2.08. The van der Waals surface area contributed by atoms with Crippen molar-refractivity contribution in [1.29, 1.82) is 0 Å². The first-order chi connectivity index (χ1) is 13.9. The molecule has 0 fully saturated rings. The summed E-state index contributed by atoms with van der Waals surface area (Å²) in [6, 6.07) is 3.84. The zero-order chi connectivity index (χ0) is 21.4. The summed E-state index contributed by atoms with van der Waals surface area (Å²) in [5, 5.41) is 3.02. The molecule has 0 aliphatic heterocycles. The van der Waals surface area contributed by atoms with Crippen LogP contribution in [0.25, 0.3) is 5.65 Å². The van der Waals surface area contributed by atoms with Gasteiger partial charge in [-0.05, 0) is 51.4 Å². The summed E-state index contributed by atoms with van der Waals surface area (Å²) < 4.78 is 2.11. The van der Waals surface area contributed by atoms with Crippen LogP contribution in [0.1, 0.15) is 63.0 Å². The molecule has 0 radical (unpaired) electrons. The number of carbonyl (C=O) groups excluding carboxylic acids is 1. The summed E-state index contributed by atoms with van der Waals surface area (Å²) in [6.07, 6.45) is 6.02. The van der Waals surface area contributed by atoms with Gasteiger partial charge in [-0.1, -0.05) is 34.1 Å². The Morgan fingerprint density at radius 1 is 1.17 bits per heavy atom. The fraction of sp³-hybridized carbons (Fsp3) is 0.652. The van der Waals surface area contributed by atoms with E-state index in [1.165, 1.54) is 0 Å². The van der Waals surface area contributed by atoms with Crippen LogP contribution in [0.3, 0.4) is 0 Å². The van der Waals surface area contributed by atoms with Crippen molar-refractivity contribution < 1.29 is 4.79 Å². The molecule has 162 valence electrons. The second-order valence-electron chi connectivity index (χ2n) is 8.46. The second kappa shape index (κ2) is 11.2. The van der Waals surface area contributed by atoms with Gasteiger partial charge in [0.1, 0.15) is 11.5 Å². The van der Waals surface area contributed by atoms with Crippen LogP contribution < -0.4 is 10.2 Å². The molecular formula is C23H39N5O. The summed E-state index contributed by atoms with van der Waals surface area (Å²) in [7, 11) is 4.21. The van der Waals surface area contributed by atoms with E-state index in [0.29, 0.717) is 18.0 Å². The molecule has 0 saturated heterocycles. The van der Waals surface area contributed by atoms with Crippen LogP contribution in [0, 0.1) is 5.92 Å². The Morgan fingerprint density at radius 3 is 2.55 bits per heavy atom. The largest absolute Gasteiger partial charge is 0.355 e. The first-order valence-electron chi connectivity index (χ1n) is 11.1. The number of pyridine rings is 1. The molecule has 0 saturated carbocycles. The molecule has 0 unspecified atom stereocenters. The third-order valence-electron chi connectivity index (χ3n) is 5.17. The zero-order valence-electron chi connectivity index (χ0n) is 19.2. The maximum atomic E-state index is 12.6. The molecule has 0 spiro atoms. The highest BCUT2D eigenvalue weighted by Crippen LogP contribution is 2.25. The normalized spacial score (nSPS) is 11.6. The smallest absolute Gasteiger partial charge is 0.252 e. The topological polar surface area (TPSA) is 52.9 Å². The average Bonchev–Trinajstić information content (AvgIpc) is 3.05. The monoisotopic (exact) mass is 401 g/mol. The molecule has 2 rings (SSSR count). The maximum Gasteiger partial charge on any atom is 0.252 e. The molecule has 0 atom stereocenters. The first-order valence-corrected chi connectivity index (χ1v) is 11.1. The number of rotatable bonds is 12. The van der Waals surface area contributed by atoms with Gasteiger partial charge >= 0.3 is 0 Å². The van der Waals surface area contributed by atoms with E-state index >= 15 is 0 Å². The van der Waals surface area contributed by atoms with Gasteiger partial charge in [-0.25, -0.2) is 4.98 Å². The Kier molecular flexibility index (Phi) is 8.96. The van der Waals surface area contributed by atoms with Crippen LogP contribution in [-0.4, -0.2) is 60.5 Å². The Balaban J connectivity index is 2.40. The summed E-state index contributed by atoms with van der Waals surface area (Å²) in [6.45, 7) is 12.4. The van der Waals surface area contributed by atoms with E-state index in [1.54, 1.807) is 0 Å². The van der Waals surface area contributed by atoms with E-state index in [-0.39, 0.29) is 5.91 Å². The number of hydrogen-bond donors (Lipinski definition) is 1. The molecule has 6 nitrogen and oxygen atoms in total. The Bertz CT molecular complexity index is 769. The summed E-state index contributed by atoms with van der Waals surface area (Å²) >= 11 is 0. The van der Waals surface area contributed by atoms with Crippen LogP contribution in [0.2, 0.25) is 0 Å². The predicted molar refractivity (Wildman–Crippen MR) is 122 cm³/mol. The molecule has 2 aromatic rings. The average molecular weight is 402 g/mol. The van der Waals surface area contributed by atoms with Gasteiger partial charge in [0.25, 0.3) is 5.91 Å². The summed E-state index contributed by atoms with van der Waals surface area (Å²) in [5.74, 6) is 1.76. The van der Waals surface area contributed by atoms with Gasteiger partial charge in [-0.3, -0.25) is 9.20 Å². The molecule has 1 amide bonds. The fourth-order valence-corrected chi connectivity index (χ4v) is 3.33. The first kappa shape index (κ1) is 23.2. The molecule has 0 aliphatic carbocycles. The number of amides is 1. The molecule has 1 N–H and O–H groups in total. The molecule has 6 heteroatoms. The number of nitrogens with zero attached hydrogens (tertiary/aromatic N) is 4. The van der Waals surface area contributed by atoms with E-state index in [4.69, 9.17) is 4.98 Å². The lowest BCUT2D eigenvalue weighted by Gasteiger charge is -2.27. The van der Waals surface area contributed by atoms with Crippen molar-refractivity contribution >= 4 is 17.4 Å². The van der Waals surface area contributed by atoms with Crippen molar-refractivity contribution in [2.75, 3.05) is 45.2 Å². The van der Waals surface area contributed by atoms with Crippen LogP contribution in [-0.2, 0) is 6.42 Å². The third kappa shape index (κ3) is 6.46. The number of fused-ring (bicyclic) bond motifs is 1. The van der Waals surface area contributed by atoms with Gasteiger partial charge < -0.3 is 15.1 Å². The van der Waals surface area contributed by atoms with Crippen molar-refractivity contribution in [3.05, 3.63) is 29.6 Å². The molecule has 0 bridgehead atoms. The summed E-state index contributed by atoms with van der Waals surface area (Å²) in [4.78, 5) is 22.1. The van der Waals surface area contributed by atoms with E-state index in [2.05, 4.69) is 61.3 Å². The van der Waals surface area contributed by atoms with Gasteiger partial charge in [0.05, 0.1) is 11.3 Å². The summed E-state index contributed by atoms with van der Waals surface area (Å²) in [5.41, 5.74) is 2.68. The van der Waals surface area contributed by atoms with Gasteiger partial charge in [0, 0.05) is 32.4 Å². The zero-order valence-corrected chi connectivity index (χ0v) is 19.2. The highest BCUT2D eigenvalue weighted by Gasteiger charge is 2.19. The number of aromatic nitrogens is 2. The molecule has 2 aromatic heterocycles. The maximum absolute atomic E-state index is 12.6. The number of nitrogens with one attached hydrogen (secondary N) is 1. The number of imidazole rings is 1. The Morgan fingerprint density at radius 2 is 1.93 bits per heavy atom. The van der Waals surface area contributed by atoms with E-state index in [9.17, 15) is 4.79 Å². The van der Waals surface area contributed by atoms with Gasteiger partial charge in [-0.15, -0.1) is 0 Å². The number of unbranched alkanes of at least 4 members (excludes halogenated alkanes) is 1. The van der Waals surface area contributed by atoms with E-state index < -0.39 is 0 Å². The van der Waals surface area contributed by atoms with Gasteiger partial charge in [0.15, 0.2) is 0 Å². The van der Waals surface area contributed by atoms with Crippen molar-refractivity contribution in [3.63, 3.8) is 0 Å². The van der Waals surface area contributed by atoms with Crippen molar-refractivity contribution in [3.8, 4) is 0 Å². The minimum absolute atomic E-state index is 0.0138. The number of carbonyl (C=O) groups is 1. The molecule has 29 heavy (non-hydrogen) atoms. The quantitative estimate of drug-likeness (QED) is 0.549. The number of likely N-dealkylation sites (N-methyl/N-ethyl adjacent to an activating group) is 1. The molecule has 0 aromatic carbocycles. The van der Waals surface area contributed by atoms with Gasteiger partial charge in [-0.2, -0.15) is 0 Å². The standard InChI is InChI=1S/C23H39N5O/c1-7-9-13-24-22(29)19-10-11-21-25-20(8-2)23(28(21)17-19)27(14-12-18(3)4)16-15-26(5)6/h10-11,17-18H,7-9,12-16H2,1-6H3,(H,24,29). The van der Waals surface area contributed by atoms with Gasteiger partial charge in [0.2, 0.25) is 0 Å². The Labute approximate surface area is 176 Å². The lowest BCUT2D eigenvalue weighted by Crippen LogP contribution is -2.34. The van der Waals surface area contributed by atoms with Crippen molar-refractivity contribution in [1.82, 2.24) is 19.6 Å². The predicted octanol–water partition coefficient (Wildman–Crippen LogP) is 3.84. The number of aryl methyl sites for hydroxylation is 1. The van der Waals surface area contributed by atoms with E-state index in [0.717, 1.165) is 62.5 Å². The third-order valence-corrected chi connectivity index (χ3v) is 5.17. The lowest BCUT2D eigenvalue weighted by molar-refractivity contribution is 0.0952. The lowest BCUT2D eigenvalue weighted by atomic mass is 10.1. The van der Waals surface area contributed by atoms with Crippen LogP contribution in [0.5, 0.6) is 0 Å². The minimum atomic E-state index is -0.0138. The fourth-order valence-electron chi connectivity index (χ4n) is 3.33.